The Morgan fingerprint density at radius 1 is 1.23 bits per heavy atom. The summed E-state index contributed by atoms with van der Waals surface area (Å²) < 4.78 is 0. The van der Waals surface area contributed by atoms with Gasteiger partial charge in [-0.05, 0) is 19.9 Å². The maximum atomic E-state index is 11.6. The summed E-state index contributed by atoms with van der Waals surface area (Å²) in [6, 6.07) is 0. The maximum absolute atomic E-state index is 11.6. The number of rotatable bonds is 3. The Morgan fingerprint density at radius 3 is 2.38 bits per heavy atom. The molecule has 1 aliphatic heterocycles. The molecule has 0 aromatic heterocycles. The molecule has 0 saturated carbocycles. The smallest absolute Gasteiger partial charge is 0.223 e. The first kappa shape index (κ1) is 10.5. The number of carbonyl (C=O) groups excluding carboxylic acids is 1. The lowest BCUT2D eigenvalue weighted by Crippen LogP contribution is -2.33. The molecule has 0 bridgehead atoms. The summed E-state index contributed by atoms with van der Waals surface area (Å²) in [5.41, 5.74) is 0. The highest BCUT2D eigenvalue weighted by atomic mass is 16.2. The van der Waals surface area contributed by atoms with Crippen LogP contribution in [0.3, 0.4) is 0 Å². The highest BCUT2D eigenvalue weighted by molar-refractivity contribution is 5.76. The Morgan fingerprint density at radius 2 is 1.85 bits per heavy atom. The zero-order valence-electron chi connectivity index (χ0n) is 8.51. The van der Waals surface area contributed by atoms with E-state index in [0.29, 0.717) is 12.3 Å². The molecule has 1 amide bonds. The fourth-order valence-corrected chi connectivity index (χ4v) is 1.71. The van der Waals surface area contributed by atoms with Crippen LogP contribution in [0.25, 0.3) is 0 Å². The van der Waals surface area contributed by atoms with Gasteiger partial charge in [-0.3, -0.25) is 4.79 Å². The van der Waals surface area contributed by atoms with Crippen molar-refractivity contribution in [1.29, 1.82) is 0 Å². The van der Waals surface area contributed by atoms with Gasteiger partial charge in [0, 0.05) is 26.1 Å². The first-order valence-corrected chi connectivity index (χ1v) is 5.27. The fourth-order valence-electron chi connectivity index (χ4n) is 1.71. The van der Waals surface area contributed by atoms with E-state index in [4.69, 9.17) is 0 Å². The van der Waals surface area contributed by atoms with E-state index in [0.717, 1.165) is 19.6 Å². The van der Waals surface area contributed by atoms with E-state index in [9.17, 15) is 4.79 Å². The zero-order chi connectivity index (χ0) is 9.52. The van der Waals surface area contributed by atoms with Crippen LogP contribution in [0, 0.1) is 0 Å². The number of hydrogen-bond acceptors (Lipinski definition) is 2. The van der Waals surface area contributed by atoms with Crippen molar-refractivity contribution in [2.75, 3.05) is 26.7 Å². The summed E-state index contributed by atoms with van der Waals surface area (Å²) in [6.45, 7) is 2.75. The third-order valence-corrected chi connectivity index (χ3v) is 2.55. The zero-order valence-corrected chi connectivity index (χ0v) is 8.51. The minimum Gasteiger partial charge on any atom is -0.343 e. The number of likely N-dealkylation sites (tertiary alicyclic amines) is 1. The highest BCUT2D eigenvalue weighted by Crippen LogP contribution is 2.10. The van der Waals surface area contributed by atoms with Gasteiger partial charge in [0.1, 0.15) is 0 Å². The van der Waals surface area contributed by atoms with Crippen molar-refractivity contribution in [2.24, 2.45) is 0 Å². The number of nitrogens with one attached hydrogen (secondary N) is 1. The third-order valence-electron chi connectivity index (χ3n) is 2.55. The van der Waals surface area contributed by atoms with Crippen molar-refractivity contribution in [3.8, 4) is 0 Å². The summed E-state index contributed by atoms with van der Waals surface area (Å²) in [7, 11) is 1.88. The van der Waals surface area contributed by atoms with E-state index in [1.54, 1.807) is 0 Å². The molecule has 1 fully saturated rings. The lowest BCUT2D eigenvalue weighted by Gasteiger charge is -2.19. The minimum absolute atomic E-state index is 0.316. The molecule has 13 heavy (non-hydrogen) atoms. The molecular weight excluding hydrogens is 164 g/mol. The van der Waals surface area contributed by atoms with Crippen LogP contribution in [-0.2, 0) is 4.79 Å². The van der Waals surface area contributed by atoms with Crippen LogP contribution in [0.15, 0.2) is 0 Å². The quantitative estimate of drug-likeness (QED) is 0.709. The van der Waals surface area contributed by atoms with Crippen LogP contribution in [0.2, 0.25) is 0 Å². The average Bonchev–Trinajstić information content (AvgIpc) is 2.42. The standard InChI is InChI=1S/C10H20N2O/c1-11-7-6-10(13)12-8-4-2-3-5-9-12/h11H,2-9H2,1H3. The molecule has 1 saturated heterocycles. The van der Waals surface area contributed by atoms with Crippen LogP contribution in [0.1, 0.15) is 32.1 Å². The van der Waals surface area contributed by atoms with Gasteiger partial charge in [0.15, 0.2) is 0 Å². The van der Waals surface area contributed by atoms with E-state index in [1.807, 2.05) is 11.9 Å². The molecule has 1 N–H and O–H groups in total. The van der Waals surface area contributed by atoms with Gasteiger partial charge in [-0.2, -0.15) is 0 Å². The van der Waals surface area contributed by atoms with Crippen molar-refractivity contribution in [1.82, 2.24) is 10.2 Å². The van der Waals surface area contributed by atoms with Gasteiger partial charge in [0.05, 0.1) is 0 Å². The number of nitrogens with zero attached hydrogens (tertiary/aromatic N) is 1. The molecule has 3 heteroatoms. The molecule has 1 heterocycles. The normalized spacial score (nSPS) is 18.4. The second-order valence-corrected chi connectivity index (χ2v) is 3.65. The molecule has 1 rings (SSSR count). The van der Waals surface area contributed by atoms with E-state index in [1.165, 1.54) is 25.7 Å². The molecule has 0 aromatic rings. The van der Waals surface area contributed by atoms with Crippen molar-refractivity contribution in [3.05, 3.63) is 0 Å². The van der Waals surface area contributed by atoms with E-state index in [2.05, 4.69) is 5.32 Å². The summed E-state index contributed by atoms with van der Waals surface area (Å²) >= 11 is 0. The predicted octanol–water partition coefficient (Wildman–Crippen LogP) is 0.998. The van der Waals surface area contributed by atoms with Crippen LogP contribution in [-0.4, -0.2) is 37.5 Å². The van der Waals surface area contributed by atoms with Crippen molar-refractivity contribution >= 4 is 5.91 Å². The number of amides is 1. The number of carbonyl (C=O) groups is 1. The van der Waals surface area contributed by atoms with Gasteiger partial charge in [-0.15, -0.1) is 0 Å². The molecular formula is C10H20N2O. The summed E-state index contributed by atoms with van der Waals surface area (Å²) in [6.07, 6.45) is 5.60. The molecule has 0 atom stereocenters. The molecule has 76 valence electrons. The Hall–Kier alpha value is -0.570. The molecule has 0 aliphatic carbocycles. The van der Waals surface area contributed by atoms with Crippen LogP contribution >= 0.6 is 0 Å². The first-order valence-electron chi connectivity index (χ1n) is 5.27. The third kappa shape index (κ3) is 3.77. The van der Waals surface area contributed by atoms with Crippen LogP contribution < -0.4 is 5.32 Å². The van der Waals surface area contributed by atoms with Crippen molar-refractivity contribution in [2.45, 2.75) is 32.1 Å². The minimum atomic E-state index is 0.316. The molecule has 0 unspecified atom stereocenters. The predicted molar refractivity (Wildman–Crippen MR) is 53.6 cm³/mol. The van der Waals surface area contributed by atoms with Gasteiger partial charge in [0.25, 0.3) is 0 Å². The second kappa shape index (κ2) is 5.97. The lowest BCUT2D eigenvalue weighted by atomic mass is 10.2. The molecule has 3 nitrogen and oxygen atoms in total. The van der Waals surface area contributed by atoms with E-state index < -0.39 is 0 Å². The molecule has 0 aromatic carbocycles. The summed E-state index contributed by atoms with van der Waals surface area (Å²) in [5.74, 6) is 0.316. The topological polar surface area (TPSA) is 32.3 Å². The fraction of sp³-hybridized carbons (Fsp3) is 0.900. The van der Waals surface area contributed by atoms with Crippen molar-refractivity contribution in [3.63, 3.8) is 0 Å². The van der Waals surface area contributed by atoms with E-state index >= 15 is 0 Å². The van der Waals surface area contributed by atoms with Gasteiger partial charge in [-0.1, -0.05) is 12.8 Å². The van der Waals surface area contributed by atoms with Gasteiger partial charge in [-0.25, -0.2) is 0 Å². The van der Waals surface area contributed by atoms with E-state index in [-0.39, 0.29) is 0 Å². The lowest BCUT2D eigenvalue weighted by molar-refractivity contribution is -0.131. The van der Waals surface area contributed by atoms with Crippen molar-refractivity contribution < 1.29 is 4.79 Å². The van der Waals surface area contributed by atoms with Crippen LogP contribution in [0.4, 0.5) is 0 Å². The SMILES string of the molecule is CNCCC(=O)N1CCCCCC1. The second-order valence-electron chi connectivity index (χ2n) is 3.65. The number of hydrogen-bond donors (Lipinski definition) is 1. The largest absolute Gasteiger partial charge is 0.343 e. The maximum Gasteiger partial charge on any atom is 0.223 e. The monoisotopic (exact) mass is 184 g/mol. The average molecular weight is 184 g/mol. The van der Waals surface area contributed by atoms with Gasteiger partial charge < -0.3 is 10.2 Å². The highest BCUT2D eigenvalue weighted by Gasteiger charge is 2.13. The van der Waals surface area contributed by atoms with Crippen LogP contribution in [0.5, 0.6) is 0 Å². The summed E-state index contributed by atoms with van der Waals surface area (Å²) in [5, 5.41) is 3.01. The van der Waals surface area contributed by atoms with Gasteiger partial charge in [0.2, 0.25) is 5.91 Å². The molecule has 1 aliphatic rings. The first-order chi connectivity index (χ1) is 6.34. The Bertz CT molecular complexity index is 151. The molecule has 0 radical (unpaired) electrons. The Labute approximate surface area is 80.5 Å². The Kier molecular flexibility index (Phi) is 4.83. The summed E-state index contributed by atoms with van der Waals surface area (Å²) in [4.78, 5) is 13.6. The Balaban J connectivity index is 2.26. The molecule has 0 spiro atoms. The van der Waals surface area contributed by atoms with Gasteiger partial charge >= 0.3 is 0 Å².